The van der Waals surface area contributed by atoms with E-state index in [9.17, 15) is 9.90 Å². The summed E-state index contributed by atoms with van der Waals surface area (Å²) in [5.74, 6) is -0.261. The first-order valence-electron chi connectivity index (χ1n) is 6.69. The Morgan fingerprint density at radius 2 is 2.23 bits per heavy atom. The molecule has 1 aromatic carbocycles. The molecule has 1 unspecified atom stereocenters. The normalized spacial score (nSPS) is 12.2. The molecule has 0 spiro atoms. The standard InChI is InChI=1S/C15H17ClN2O3S/c1-9-14(22-13(18-9)8-21-2)15(20)17-7-12(19)10-5-3-4-6-11(10)16/h3-6,12,19H,7-8H2,1-2H3,(H,17,20). The number of aliphatic hydroxyl groups excluding tert-OH is 1. The number of aryl methyl sites for hydroxylation is 1. The number of carbonyl (C=O) groups excluding carboxylic acids is 1. The molecule has 0 saturated heterocycles. The Labute approximate surface area is 137 Å². The van der Waals surface area contributed by atoms with Gasteiger partial charge >= 0.3 is 0 Å². The molecule has 1 atom stereocenters. The molecule has 2 N–H and O–H groups in total. The van der Waals surface area contributed by atoms with Crippen molar-refractivity contribution in [2.75, 3.05) is 13.7 Å². The molecule has 1 aromatic heterocycles. The number of carbonyl (C=O) groups is 1. The zero-order chi connectivity index (χ0) is 16.1. The number of hydrogen-bond donors (Lipinski definition) is 2. The van der Waals surface area contributed by atoms with Crippen LogP contribution in [0.5, 0.6) is 0 Å². The Hall–Kier alpha value is -1.47. The second kappa shape index (κ2) is 7.69. The predicted octanol–water partition coefficient (Wildman–Crippen LogP) is 2.71. The molecule has 1 amide bonds. The molecule has 1 heterocycles. The van der Waals surface area contributed by atoms with Crippen molar-refractivity contribution >= 4 is 28.8 Å². The maximum atomic E-state index is 12.2. The summed E-state index contributed by atoms with van der Waals surface area (Å²) in [6, 6.07) is 7.01. The fraction of sp³-hybridized carbons (Fsp3) is 0.333. The monoisotopic (exact) mass is 340 g/mol. The van der Waals surface area contributed by atoms with Crippen LogP contribution in [0.2, 0.25) is 5.02 Å². The number of aliphatic hydroxyl groups is 1. The van der Waals surface area contributed by atoms with Crippen molar-refractivity contribution in [3.8, 4) is 0 Å². The van der Waals surface area contributed by atoms with E-state index in [1.165, 1.54) is 11.3 Å². The molecule has 0 bridgehead atoms. The van der Waals surface area contributed by atoms with Gasteiger partial charge in [-0.25, -0.2) is 4.98 Å². The van der Waals surface area contributed by atoms with Gasteiger partial charge in [0.2, 0.25) is 0 Å². The van der Waals surface area contributed by atoms with Gasteiger partial charge < -0.3 is 15.2 Å². The first kappa shape index (κ1) is 16.9. The summed E-state index contributed by atoms with van der Waals surface area (Å²) in [6.07, 6.45) is -0.857. The van der Waals surface area contributed by atoms with E-state index in [1.54, 1.807) is 38.3 Å². The number of nitrogens with zero attached hydrogens (tertiary/aromatic N) is 1. The minimum Gasteiger partial charge on any atom is -0.387 e. The van der Waals surface area contributed by atoms with E-state index >= 15 is 0 Å². The quantitative estimate of drug-likeness (QED) is 0.848. The number of rotatable bonds is 6. The molecular formula is C15H17ClN2O3S. The summed E-state index contributed by atoms with van der Waals surface area (Å²) < 4.78 is 5.01. The third-order valence-corrected chi connectivity index (χ3v) is 4.51. The first-order chi connectivity index (χ1) is 10.5. The average Bonchev–Trinajstić information content (AvgIpc) is 2.86. The second-order valence-corrected chi connectivity index (χ2v) is 6.19. The maximum Gasteiger partial charge on any atom is 0.263 e. The van der Waals surface area contributed by atoms with Gasteiger partial charge in [0.15, 0.2) is 0 Å². The van der Waals surface area contributed by atoms with E-state index in [2.05, 4.69) is 10.3 Å². The summed E-state index contributed by atoms with van der Waals surface area (Å²) in [7, 11) is 1.58. The lowest BCUT2D eigenvalue weighted by atomic mass is 10.1. The van der Waals surface area contributed by atoms with Gasteiger partial charge in [-0.05, 0) is 13.0 Å². The number of amides is 1. The highest BCUT2D eigenvalue weighted by Crippen LogP contribution is 2.22. The summed E-state index contributed by atoms with van der Waals surface area (Å²) in [5, 5.41) is 14.0. The van der Waals surface area contributed by atoms with Gasteiger partial charge in [0.25, 0.3) is 5.91 Å². The Morgan fingerprint density at radius 3 is 2.91 bits per heavy atom. The first-order valence-corrected chi connectivity index (χ1v) is 7.88. The molecule has 2 aromatic rings. The molecule has 0 aliphatic heterocycles. The molecular weight excluding hydrogens is 324 g/mol. The van der Waals surface area contributed by atoms with Crippen LogP contribution in [0, 0.1) is 6.92 Å². The molecule has 118 valence electrons. The number of nitrogens with one attached hydrogen (secondary N) is 1. The fourth-order valence-electron chi connectivity index (χ4n) is 1.97. The third-order valence-electron chi connectivity index (χ3n) is 3.04. The van der Waals surface area contributed by atoms with Gasteiger partial charge in [0.05, 0.1) is 18.4 Å². The fourth-order valence-corrected chi connectivity index (χ4v) is 3.19. The zero-order valence-corrected chi connectivity index (χ0v) is 13.9. The van der Waals surface area contributed by atoms with Crippen molar-refractivity contribution in [3.63, 3.8) is 0 Å². The molecule has 7 heteroatoms. The lowest BCUT2D eigenvalue weighted by molar-refractivity contribution is 0.0919. The van der Waals surface area contributed by atoms with Gasteiger partial charge in [0.1, 0.15) is 9.88 Å². The van der Waals surface area contributed by atoms with E-state index in [1.807, 2.05) is 0 Å². The Kier molecular flexibility index (Phi) is 5.90. The van der Waals surface area contributed by atoms with Gasteiger partial charge in [-0.15, -0.1) is 11.3 Å². The summed E-state index contributed by atoms with van der Waals surface area (Å²) >= 11 is 7.31. The van der Waals surface area contributed by atoms with Crippen LogP contribution in [-0.4, -0.2) is 29.7 Å². The zero-order valence-electron chi connectivity index (χ0n) is 12.3. The van der Waals surface area contributed by atoms with Crippen molar-refractivity contribution in [1.82, 2.24) is 10.3 Å². The van der Waals surface area contributed by atoms with Crippen LogP contribution in [0.4, 0.5) is 0 Å². The SMILES string of the molecule is COCc1nc(C)c(C(=O)NCC(O)c2ccccc2Cl)s1. The maximum absolute atomic E-state index is 12.2. The Balaban J connectivity index is 1.99. The van der Waals surface area contributed by atoms with Crippen molar-refractivity contribution < 1.29 is 14.6 Å². The van der Waals surface area contributed by atoms with E-state index in [4.69, 9.17) is 16.3 Å². The predicted molar refractivity (Wildman–Crippen MR) is 86.3 cm³/mol. The number of thiazole rings is 1. The van der Waals surface area contributed by atoms with Crippen molar-refractivity contribution in [3.05, 3.63) is 50.4 Å². The molecule has 22 heavy (non-hydrogen) atoms. The third kappa shape index (κ3) is 4.04. The van der Waals surface area contributed by atoms with Gasteiger partial charge in [-0.3, -0.25) is 4.79 Å². The second-order valence-electron chi connectivity index (χ2n) is 4.70. The molecule has 0 aliphatic rings. The lowest BCUT2D eigenvalue weighted by Gasteiger charge is -2.13. The molecule has 0 fully saturated rings. The van der Waals surface area contributed by atoms with Crippen LogP contribution in [0.25, 0.3) is 0 Å². The average molecular weight is 341 g/mol. The van der Waals surface area contributed by atoms with Gasteiger partial charge in [-0.1, -0.05) is 29.8 Å². The number of methoxy groups -OCH3 is 1. The number of benzene rings is 1. The highest BCUT2D eigenvalue weighted by Gasteiger charge is 2.17. The van der Waals surface area contributed by atoms with Crippen LogP contribution in [0.3, 0.4) is 0 Å². The smallest absolute Gasteiger partial charge is 0.263 e. The number of hydrogen-bond acceptors (Lipinski definition) is 5. The summed E-state index contributed by atoms with van der Waals surface area (Å²) in [6.45, 7) is 2.23. The summed E-state index contributed by atoms with van der Waals surface area (Å²) in [4.78, 5) is 17.0. The highest BCUT2D eigenvalue weighted by molar-refractivity contribution is 7.13. The highest BCUT2D eigenvalue weighted by atomic mass is 35.5. The van der Waals surface area contributed by atoms with E-state index in [-0.39, 0.29) is 12.5 Å². The van der Waals surface area contributed by atoms with Gasteiger partial charge in [-0.2, -0.15) is 0 Å². The molecule has 0 aliphatic carbocycles. The largest absolute Gasteiger partial charge is 0.387 e. The summed E-state index contributed by atoms with van der Waals surface area (Å²) in [5.41, 5.74) is 1.24. The van der Waals surface area contributed by atoms with Crippen LogP contribution in [-0.2, 0) is 11.3 Å². The molecule has 0 radical (unpaired) electrons. The van der Waals surface area contributed by atoms with Crippen molar-refractivity contribution in [2.24, 2.45) is 0 Å². The Bertz CT molecular complexity index is 660. The van der Waals surface area contributed by atoms with Crippen LogP contribution < -0.4 is 5.32 Å². The molecule has 0 saturated carbocycles. The molecule has 2 rings (SSSR count). The topological polar surface area (TPSA) is 71.5 Å². The Morgan fingerprint density at radius 1 is 1.50 bits per heavy atom. The van der Waals surface area contributed by atoms with Crippen LogP contribution >= 0.6 is 22.9 Å². The lowest BCUT2D eigenvalue weighted by Crippen LogP contribution is -2.28. The van der Waals surface area contributed by atoms with Crippen molar-refractivity contribution in [2.45, 2.75) is 19.6 Å². The number of aromatic nitrogens is 1. The van der Waals surface area contributed by atoms with E-state index in [0.717, 1.165) is 5.01 Å². The van der Waals surface area contributed by atoms with Crippen LogP contribution in [0.1, 0.15) is 32.0 Å². The minimum atomic E-state index is -0.857. The molecule has 5 nitrogen and oxygen atoms in total. The number of halogens is 1. The van der Waals surface area contributed by atoms with Crippen molar-refractivity contribution in [1.29, 1.82) is 0 Å². The van der Waals surface area contributed by atoms with Gasteiger partial charge in [0, 0.05) is 24.2 Å². The van der Waals surface area contributed by atoms with E-state index < -0.39 is 6.10 Å². The van der Waals surface area contributed by atoms with E-state index in [0.29, 0.717) is 27.8 Å². The number of ether oxygens (including phenoxy) is 1. The minimum absolute atomic E-state index is 0.0829. The van der Waals surface area contributed by atoms with Crippen LogP contribution in [0.15, 0.2) is 24.3 Å².